The van der Waals surface area contributed by atoms with Gasteiger partial charge in [0.15, 0.2) is 9.84 Å². The molecular weight excluding hydrogens is 346 g/mol. The Labute approximate surface area is 146 Å². The number of nitrogens with zero attached hydrogens (tertiary/aromatic N) is 1. The molecule has 1 aliphatic carbocycles. The van der Waals surface area contributed by atoms with Crippen LogP contribution in [0.2, 0.25) is 5.02 Å². The lowest BCUT2D eigenvalue weighted by Crippen LogP contribution is -2.19. The predicted octanol–water partition coefficient (Wildman–Crippen LogP) is 3.44. The van der Waals surface area contributed by atoms with Gasteiger partial charge >= 0.3 is 0 Å². The number of hydrogen-bond acceptors (Lipinski definition) is 4. The van der Waals surface area contributed by atoms with Crippen molar-refractivity contribution in [3.05, 3.63) is 65.2 Å². The van der Waals surface area contributed by atoms with Crippen molar-refractivity contribution in [3.63, 3.8) is 0 Å². The highest BCUT2D eigenvalue weighted by atomic mass is 35.5. The molecule has 3 atom stereocenters. The van der Waals surface area contributed by atoms with Crippen LogP contribution in [0.5, 0.6) is 0 Å². The molecule has 0 bridgehead atoms. The third-order valence-electron chi connectivity index (χ3n) is 4.48. The zero-order valence-corrected chi connectivity index (χ0v) is 14.6. The van der Waals surface area contributed by atoms with Crippen molar-refractivity contribution in [2.75, 3.05) is 13.7 Å². The molecule has 0 amide bonds. The standard InChI is InChI=1S/C18H16ClNO3S/c1-23-12-18(11-20)16(13-5-3-2-4-6-13)17(18)24(21,22)15-9-7-14(19)8-10-15/h2-10,16-17H,12H2,1H3/t16-,17-,18+/m0/s1. The number of sulfone groups is 1. The maximum absolute atomic E-state index is 13.1. The Morgan fingerprint density at radius 2 is 1.79 bits per heavy atom. The first kappa shape index (κ1) is 17.0. The Morgan fingerprint density at radius 3 is 2.33 bits per heavy atom. The van der Waals surface area contributed by atoms with Crippen LogP contribution >= 0.6 is 11.6 Å². The van der Waals surface area contributed by atoms with E-state index in [1.807, 2.05) is 30.3 Å². The van der Waals surface area contributed by atoms with Gasteiger partial charge in [-0.3, -0.25) is 0 Å². The molecule has 0 unspecified atom stereocenters. The molecular formula is C18H16ClNO3S. The van der Waals surface area contributed by atoms with Gasteiger partial charge in [0.1, 0.15) is 5.41 Å². The van der Waals surface area contributed by atoms with Crippen LogP contribution in [0.1, 0.15) is 11.5 Å². The lowest BCUT2D eigenvalue weighted by molar-refractivity contribution is 0.162. The summed E-state index contributed by atoms with van der Waals surface area (Å²) in [6, 6.07) is 17.5. The van der Waals surface area contributed by atoms with Crippen LogP contribution in [0.25, 0.3) is 0 Å². The van der Waals surface area contributed by atoms with Crippen molar-refractivity contribution < 1.29 is 13.2 Å². The summed E-state index contributed by atoms with van der Waals surface area (Å²) in [4.78, 5) is 0.172. The van der Waals surface area contributed by atoms with Gasteiger partial charge in [-0.15, -0.1) is 0 Å². The first-order chi connectivity index (χ1) is 11.5. The second-order valence-electron chi connectivity index (χ2n) is 5.89. The smallest absolute Gasteiger partial charge is 0.183 e. The number of halogens is 1. The van der Waals surface area contributed by atoms with Crippen LogP contribution in [0.4, 0.5) is 0 Å². The van der Waals surface area contributed by atoms with E-state index in [1.165, 1.54) is 19.2 Å². The first-order valence-electron chi connectivity index (χ1n) is 7.42. The van der Waals surface area contributed by atoms with Gasteiger partial charge in [-0.2, -0.15) is 5.26 Å². The predicted molar refractivity (Wildman–Crippen MR) is 91.5 cm³/mol. The fourth-order valence-electron chi connectivity index (χ4n) is 3.34. The fraction of sp³-hybridized carbons (Fsp3) is 0.278. The van der Waals surface area contributed by atoms with Crippen LogP contribution in [0.15, 0.2) is 59.5 Å². The summed E-state index contributed by atoms with van der Waals surface area (Å²) in [6.45, 7) is 0.0700. The summed E-state index contributed by atoms with van der Waals surface area (Å²) >= 11 is 5.85. The second kappa shape index (κ2) is 6.21. The molecule has 0 radical (unpaired) electrons. The molecule has 24 heavy (non-hydrogen) atoms. The van der Waals surface area contributed by atoms with Gasteiger partial charge in [0.25, 0.3) is 0 Å². The molecule has 4 nitrogen and oxygen atoms in total. The van der Waals surface area contributed by atoms with Crippen LogP contribution in [-0.2, 0) is 14.6 Å². The minimum atomic E-state index is -3.68. The van der Waals surface area contributed by atoms with Gasteiger partial charge in [-0.1, -0.05) is 41.9 Å². The van der Waals surface area contributed by atoms with Crippen LogP contribution in [0, 0.1) is 16.7 Å². The second-order valence-corrected chi connectivity index (χ2v) is 8.40. The van der Waals surface area contributed by atoms with Gasteiger partial charge in [-0.05, 0) is 29.8 Å². The number of hydrogen-bond donors (Lipinski definition) is 0. The summed E-state index contributed by atoms with van der Waals surface area (Å²) in [5, 5.41) is 9.36. The molecule has 1 saturated carbocycles. The van der Waals surface area contributed by atoms with Crippen LogP contribution < -0.4 is 0 Å². The monoisotopic (exact) mass is 361 g/mol. The molecule has 3 rings (SSSR count). The fourth-order valence-corrected chi connectivity index (χ4v) is 5.78. The number of methoxy groups -OCH3 is 1. The number of benzene rings is 2. The summed E-state index contributed by atoms with van der Waals surface area (Å²) in [5.74, 6) is -0.413. The average molecular weight is 362 g/mol. The van der Waals surface area contributed by atoms with E-state index in [2.05, 4.69) is 6.07 Å². The molecule has 0 N–H and O–H groups in total. The quantitative estimate of drug-likeness (QED) is 0.818. The van der Waals surface area contributed by atoms with E-state index in [0.29, 0.717) is 5.02 Å². The lowest BCUT2D eigenvalue weighted by atomic mass is 10.0. The highest BCUT2D eigenvalue weighted by Crippen LogP contribution is 2.63. The Hall–Kier alpha value is -1.87. The van der Waals surface area contributed by atoms with E-state index in [4.69, 9.17) is 16.3 Å². The van der Waals surface area contributed by atoms with E-state index in [0.717, 1.165) is 5.56 Å². The van der Waals surface area contributed by atoms with Crippen LogP contribution in [-0.4, -0.2) is 27.4 Å². The maximum atomic E-state index is 13.1. The summed E-state index contributed by atoms with van der Waals surface area (Å²) in [7, 11) is -2.21. The summed E-state index contributed by atoms with van der Waals surface area (Å²) in [5.41, 5.74) is -0.243. The molecule has 0 saturated heterocycles. The molecule has 1 aliphatic rings. The van der Waals surface area contributed by atoms with Gasteiger partial charge in [0.2, 0.25) is 0 Å². The van der Waals surface area contributed by atoms with Crippen molar-refractivity contribution in [2.45, 2.75) is 16.1 Å². The molecule has 2 aromatic rings. The Kier molecular flexibility index (Phi) is 4.39. The van der Waals surface area contributed by atoms with E-state index in [-0.39, 0.29) is 11.5 Å². The summed E-state index contributed by atoms with van der Waals surface area (Å²) < 4.78 is 31.4. The average Bonchev–Trinajstić information content (AvgIpc) is 3.26. The normalized spacial score (nSPS) is 25.9. The topological polar surface area (TPSA) is 67.2 Å². The van der Waals surface area contributed by atoms with Gasteiger partial charge in [-0.25, -0.2) is 8.42 Å². The minimum absolute atomic E-state index is 0.0700. The Morgan fingerprint density at radius 1 is 1.17 bits per heavy atom. The molecule has 6 heteroatoms. The van der Waals surface area contributed by atoms with Crippen molar-refractivity contribution in [1.29, 1.82) is 5.26 Å². The highest BCUT2D eigenvalue weighted by Gasteiger charge is 2.72. The van der Waals surface area contributed by atoms with Crippen molar-refractivity contribution in [1.82, 2.24) is 0 Å². The molecule has 0 aliphatic heterocycles. The summed E-state index contributed by atoms with van der Waals surface area (Å²) in [6.07, 6.45) is 0. The van der Waals surface area contributed by atoms with Crippen molar-refractivity contribution in [3.8, 4) is 6.07 Å². The molecule has 1 fully saturated rings. The minimum Gasteiger partial charge on any atom is -0.383 e. The molecule has 0 spiro atoms. The number of ether oxygens (including phenoxy) is 1. The Balaban J connectivity index is 2.07. The van der Waals surface area contributed by atoms with Gasteiger partial charge in [0.05, 0.1) is 22.8 Å². The first-order valence-corrected chi connectivity index (χ1v) is 9.34. The molecule has 0 heterocycles. The zero-order chi connectivity index (χ0) is 17.4. The van der Waals surface area contributed by atoms with Crippen molar-refractivity contribution in [2.24, 2.45) is 5.41 Å². The molecule has 2 aromatic carbocycles. The molecule has 0 aromatic heterocycles. The van der Waals surface area contributed by atoms with E-state index in [1.54, 1.807) is 12.1 Å². The number of nitriles is 1. The number of rotatable bonds is 5. The van der Waals surface area contributed by atoms with E-state index < -0.39 is 26.4 Å². The zero-order valence-electron chi connectivity index (χ0n) is 13.0. The Bertz CT molecular complexity index is 875. The lowest BCUT2D eigenvalue weighted by Gasteiger charge is -2.08. The third-order valence-corrected chi connectivity index (χ3v) is 7.03. The van der Waals surface area contributed by atoms with Crippen molar-refractivity contribution >= 4 is 21.4 Å². The SMILES string of the molecule is COC[C@]1(C#N)[C@@H](c2ccccc2)[C@@H]1S(=O)(=O)c1ccc(Cl)cc1. The van der Waals surface area contributed by atoms with E-state index in [9.17, 15) is 13.7 Å². The third kappa shape index (κ3) is 2.61. The van der Waals surface area contributed by atoms with Gasteiger partial charge in [0, 0.05) is 18.1 Å². The molecule has 124 valence electrons. The van der Waals surface area contributed by atoms with E-state index >= 15 is 0 Å². The maximum Gasteiger partial charge on any atom is 0.183 e. The largest absolute Gasteiger partial charge is 0.383 e. The van der Waals surface area contributed by atoms with Gasteiger partial charge < -0.3 is 4.74 Å². The van der Waals surface area contributed by atoms with Crippen LogP contribution in [0.3, 0.4) is 0 Å². The highest BCUT2D eigenvalue weighted by molar-refractivity contribution is 7.92.